The lowest BCUT2D eigenvalue weighted by molar-refractivity contribution is -0.151. The highest BCUT2D eigenvalue weighted by Crippen LogP contribution is 2.31. The summed E-state index contributed by atoms with van der Waals surface area (Å²) < 4.78 is 41.0. The number of aromatic nitrogens is 2. The van der Waals surface area contributed by atoms with E-state index in [1.807, 2.05) is 0 Å². The van der Waals surface area contributed by atoms with Crippen molar-refractivity contribution in [2.45, 2.75) is 46.2 Å². The normalized spacial score (nSPS) is 15.3. The van der Waals surface area contributed by atoms with Crippen LogP contribution in [-0.2, 0) is 17.6 Å². The van der Waals surface area contributed by atoms with E-state index in [9.17, 15) is 23.1 Å². The molecule has 1 aromatic rings. The molecule has 1 N–H and O–H groups in total. The average molecular weight is 294 g/mol. The van der Waals surface area contributed by atoms with Crippen molar-refractivity contribution in [1.29, 1.82) is 0 Å². The molecule has 8 heteroatoms. The minimum absolute atomic E-state index is 0.0149. The van der Waals surface area contributed by atoms with Gasteiger partial charge in [0.05, 0.1) is 11.8 Å². The highest BCUT2D eigenvalue weighted by atomic mass is 19.4. The van der Waals surface area contributed by atoms with Crippen LogP contribution in [0.4, 0.5) is 13.2 Å². The molecule has 0 radical (unpaired) electrons. The highest BCUT2D eigenvalue weighted by Gasteiger charge is 2.38. The third-order valence-electron chi connectivity index (χ3n) is 3.42. The first-order chi connectivity index (χ1) is 9.04. The number of halogens is 3. The van der Waals surface area contributed by atoms with Crippen LogP contribution in [0.15, 0.2) is 4.52 Å². The van der Waals surface area contributed by atoms with E-state index in [1.54, 1.807) is 20.8 Å². The molecule has 0 saturated carbocycles. The summed E-state index contributed by atoms with van der Waals surface area (Å²) in [6, 6.07) is 0. The predicted octanol–water partition coefficient (Wildman–Crippen LogP) is 2.85. The molecule has 0 aromatic carbocycles. The summed E-state index contributed by atoms with van der Waals surface area (Å²) in [6.45, 7) is 5.03. The Hall–Kier alpha value is -1.60. The first-order valence-electron chi connectivity index (χ1n) is 6.16. The van der Waals surface area contributed by atoms with Crippen molar-refractivity contribution >= 4 is 5.97 Å². The summed E-state index contributed by atoms with van der Waals surface area (Å²) in [4.78, 5) is 15.1. The van der Waals surface area contributed by atoms with Gasteiger partial charge in [0.1, 0.15) is 0 Å². The second kappa shape index (κ2) is 5.80. The largest absolute Gasteiger partial charge is 0.481 e. The average Bonchev–Trinajstić information content (AvgIpc) is 2.72. The van der Waals surface area contributed by atoms with Crippen LogP contribution in [0.2, 0.25) is 0 Å². The van der Waals surface area contributed by atoms with Crippen molar-refractivity contribution in [3.8, 4) is 0 Å². The number of carbonyl (C=O) groups is 1. The maximum Gasteiger partial charge on any atom is 0.389 e. The molecule has 1 heterocycles. The first kappa shape index (κ1) is 16.5. The van der Waals surface area contributed by atoms with Crippen LogP contribution in [0.25, 0.3) is 0 Å². The summed E-state index contributed by atoms with van der Waals surface area (Å²) in [5.41, 5.74) is -1.10. The Morgan fingerprint density at radius 3 is 2.45 bits per heavy atom. The molecule has 1 aromatic heterocycles. The van der Waals surface area contributed by atoms with Gasteiger partial charge in [0.25, 0.3) is 0 Å². The Labute approximate surface area is 114 Å². The first-order valence-corrected chi connectivity index (χ1v) is 6.16. The lowest BCUT2D eigenvalue weighted by atomic mass is 9.76. The van der Waals surface area contributed by atoms with E-state index in [2.05, 4.69) is 10.1 Å². The Balaban J connectivity index is 2.75. The zero-order valence-corrected chi connectivity index (χ0v) is 11.5. The van der Waals surface area contributed by atoms with E-state index in [-0.39, 0.29) is 30.5 Å². The van der Waals surface area contributed by atoms with E-state index in [4.69, 9.17) is 4.52 Å². The van der Waals surface area contributed by atoms with E-state index in [1.165, 1.54) is 0 Å². The second-order valence-corrected chi connectivity index (χ2v) is 5.27. The Bertz CT molecular complexity index is 471. The topological polar surface area (TPSA) is 76.2 Å². The molecule has 0 fully saturated rings. The minimum Gasteiger partial charge on any atom is -0.481 e. The Kier molecular flexibility index (Phi) is 4.77. The Morgan fingerprint density at radius 1 is 1.40 bits per heavy atom. The molecule has 1 unspecified atom stereocenters. The van der Waals surface area contributed by atoms with Crippen LogP contribution < -0.4 is 0 Å². The molecule has 0 aliphatic heterocycles. The highest BCUT2D eigenvalue weighted by molar-refractivity contribution is 5.74. The van der Waals surface area contributed by atoms with Gasteiger partial charge in [-0.3, -0.25) is 4.79 Å². The smallest absolute Gasteiger partial charge is 0.389 e. The quantitative estimate of drug-likeness (QED) is 0.873. The third-order valence-corrected chi connectivity index (χ3v) is 3.42. The SMILES string of the molecule is CC(C)C(C)(Cc1nc(CCC(F)(F)F)no1)C(=O)O. The number of aryl methyl sites for hydroxylation is 1. The molecule has 20 heavy (non-hydrogen) atoms. The number of carboxylic acids is 1. The van der Waals surface area contributed by atoms with E-state index >= 15 is 0 Å². The van der Waals surface area contributed by atoms with Gasteiger partial charge in [0.2, 0.25) is 5.89 Å². The molecule has 0 bridgehead atoms. The monoisotopic (exact) mass is 294 g/mol. The lowest BCUT2D eigenvalue weighted by Gasteiger charge is -2.27. The van der Waals surface area contributed by atoms with Crippen molar-refractivity contribution in [2.75, 3.05) is 0 Å². The maximum absolute atomic E-state index is 12.1. The number of hydrogen-bond acceptors (Lipinski definition) is 4. The molecule has 1 rings (SSSR count). The molecular weight excluding hydrogens is 277 g/mol. The van der Waals surface area contributed by atoms with Gasteiger partial charge >= 0.3 is 12.1 Å². The van der Waals surface area contributed by atoms with Crippen LogP contribution in [0, 0.1) is 11.3 Å². The van der Waals surface area contributed by atoms with E-state index in [0.717, 1.165) is 0 Å². The molecule has 5 nitrogen and oxygen atoms in total. The van der Waals surface area contributed by atoms with Gasteiger partial charge in [-0.15, -0.1) is 0 Å². The van der Waals surface area contributed by atoms with Crippen LogP contribution in [-0.4, -0.2) is 27.4 Å². The molecule has 1 atom stereocenters. The summed E-state index contributed by atoms with van der Waals surface area (Å²) in [5.74, 6) is -1.22. The lowest BCUT2D eigenvalue weighted by Crippen LogP contribution is -2.35. The second-order valence-electron chi connectivity index (χ2n) is 5.27. The van der Waals surface area contributed by atoms with Crippen LogP contribution >= 0.6 is 0 Å². The Morgan fingerprint density at radius 2 is 2.00 bits per heavy atom. The summed E-state index contributed by atoms with van der Waals surface area (Å²) in [5, 5.41) is 12.7. The minimum atomic E-state index is -4.28. The number of alkyl halides is 3. The molecule has 0 spiro atoms. The van der Waals surface area contributed by atoms with Gasteiger partial charge in [-0.2, -0.15) is 18.2 Å². The third kappa shape index (κ3) is 4.21. The van der Waals surface area contributed by atoms with Crippen molar-refractivity contribution < 1.29 is 27.6 Å². The van der Waals surface area contributed by atoms with Crippen LogP contribution in [0.5, 0.6) is 0 Å². The standard InChI is InChI=1S/C12H17F3N2O3/c1-7(2)11(3,10(18)19)6-9-16-8(17-20-9)4-5-12(13,14)15/h7H,4-6H2,1-3H3,(H,18,19). The van der Waals surface area contributed by atoms with Gasteiger partial charge < -0.3 is 9.63 Å². The molecular formula is C12H17F3N2O3. The molecule has 114 valence electrons. The van der Waals surface area contributed by atoms with E-state index < -0.39 is 24.0 Å². The number of nitrogens with zero attached hydrogens (tertiary/aromatic N) is 2. The van der Waals surface area contributed by atoms with Crippen molar-refractivity contribution in [3.05, 3.63) is 11.7 Å². The fourth-order valence-corrected chi connectivity index (χ4v) is 1.56. The zero-order valence-electron chi connectivity index (χ0n) is 11.5. The van der Waals surface area contributed by atoms with Gasteiger partial charge in [-0.25, -0.2) is 0 Å². The van der Waals surface area contributed by atoms with Crippen LogP contribution in [0.1, 0.15) is 38.9 Å². The number of rotatable bonds is 6. The number of hydrogen-bond donors (Lipinski definition) is 1. The maximum atomic E-state index is 12.1. The molecule has 0 saturated heterocycles. The summed E-state index contributed by atoms with van der Waals surface area (Å²) >= 11 is 0. The number of aliphatic carboxylic acids is 1. The fourth-order valence-electron chi connectivity index (χ4n) is 1.56. The van der Waals surface area contributed by atoms with Gasteiger partial charge in [0.15, 0.2) is 5.82 Å². The molecule has 0 aliphatic rings. The van der Waals surface area contributed by atoms with Gasteiger partial charge in [0, 0.05) is 12.8 Å². The zero-order chi connectivity index (χ0) is 15.6. The van der Waals surface area contributed by atoms with Crippen molar-refractivity contribution in [3.63, 3.8) is 0 Å². The van der Waals surface area contributed by atoms with Gasteiger partial charge in [-0.1, -0.05) is 19.0 Å². The van der Waals surface area contributed by atoms with Gasteiger partial charge in [-0.05, 0) is 12.8 Å². The van der Waals surface area contributed by atoms with Crippen LogP contribution in [0.3, 0.4) is 0 Å². The summed E-state index contributed by atoms with van der Waals surface area (Å²) in [7, 11) is 0. The van der Waals surface area contributed by atoms with Crippen molar-refractivity contribution in [2.24, 2.45) is 11.3 Å². The summed E-state index contributed by atoms with van der Waals surface area (Å²) in [6.07, 6.45) is -5.71. The number of carboxylic acid groups (broad SMARTS) is 1. The molecule has 0 aliphatic carbocycles. The van der Waals surface area contributed by atoms with E-state index in [0.29, 0.717) is 0 Å². The molecule has 0 amide bonds. The predicted molar refractivity (Wildman–Crippen MR) is 63.0 cm³/mol. The fraction of sp³-hybridized carbons (Fsp3) is 0.750. The van der Waals surface area contributed by atoms with Crippen molar-refractivity contribution in [1.82, 2.24) is 10.1 Å².